The first kappa shape index (κ1) is 99.1. The lowest BCUT2D eigenvalue weighted by Crippen LogP contribution is -2.30. The Morgan fingerprint density at radius 3 is 0.752 bits per heavy atom. The van der Waals surface area contributed by atoms with Gasteiger partial charge in [-0.1, -0.05) is 376 Å². The first-order valence-corrected chi connectivity index (χ1v) is 45.4. The van der Waals surface area contributed by atoms with Gasteiger partial charge in [-0.05, 0) is 43.4 Å². The molecule has 0 bridgehead atoms. The van der Waals surface area contributed by atoms with E-state index in [9.17, 15) is 43.2 Å². The smallest absolute Gasteiger partial charge is 0.462 e. The van der Waals surface area contributed by atoms with E-state index in [1.165, 1.54) is 231 Å². The molecule has 19 heteroatoms. The third-order valence-electron chi connectivity index (χ3n) is 19.5. The van der Waals surface area contributed by atoms with Gasteiger partial charge >= 0.3 is 39.5 Å². The molecule has 0 aliphatic heterocycles. The molecule has 3 N–H and O–H groups in total. The largest absolute Gasteiger partial charge is 0.472 e. The number of carbonyl (C=O) groups excluding carboxylic acids is 4. The van der Waals surface area contributed by atoms with E-state index in [4.69, 9.17) is 37.0 Å². The number of rotatable bonds is 80. The van der Waals surface area contributed by atoms with Gasteiger partial charge in [0.1, 0.15) is 19.3 Å². The van der Waals surface area contributed by atoms with E-state index >= 15 is 0 Å². The second kappa shape index (κ2) is 72.3. The highest BCUT2D eigenvalue weighted by molar-refractivity contribution is 7.47. The molecule has 0 amide bonds. The van der Waals surface area contributed by atoms with Gasteiger partial charge < -0.3 is 33.8 Å². The maximum atomic E-state index is 13.1. The molecular weight excluding hydrogens is 1320 g/mol. The lowest BCUT2D eigenvalue weighted by atomic mass is 9.99. The van der Waals surface area contributed by atoms with E-state index in [0.29, 0.717) is 31.6 Å². The van der Waals surface area contributed by atoms with Crippen LogP contribution in [0.15, 0.2) is 0 Å². The molecular formula is C82H160O17P2. The van der Waals surface area contributed by atoms with Crippen LogP contribution in [0.4, 0.5) is 0 Å². The van der Waals surface area contributed by atoms with Crippen LogP contribution in [0.1, 0.15) is 427 Å². The molecule has 0 rings (SSSR count). The molecule has 0 fully saturated rings. The van der Waals surface area contributed by atoms with Crippen molar-refractivity contribution in [2.24, 2.45) is 17.8 Å². The Labute approximate surface area is 619 Å². The van der Waals surface area contributed by atoms with E-state index in [2.05, 4.69) is 48.5 Å². The van der Waals surface area contributed by atoms with Crippen molar-refractivity contribution < 1.29 is 80.2 Å². The Bertz CT molecular complexity index is 1960. The van der Waals surface area contributed by atoms with Crippen molar-refractivity contribution >= 4 is 39.5 Å². The van der Waals surface area contributed by atoms with Gasteiger partial charge in [-0.3, -0.25) is 37.3 Å². The highest BCUT2D eigenvalue weighted by atomic mass is 31.2. The fourth-order valence-corrected chi connectivity index (χ4v) is 14.2. The van der Waals surface area contributed by atoms with Gasteiger partial charge in [-0.15, -0.1) is 0 Å². The van der Waals surface area contributed by atoms with Crippen molar-refractivity contribution in [1.82, 2.24) is 0 Å². The van der Waals surface area contributed by atoms with Crippen molar-refractivity contribution in [2.45, 2.75) is 446 Å². The molecule has 0 aliphatic rings. The average molecular weight is 1480 g/mol. The van der Waals surface area contributed by atoms with Gasteiger partial charge in [0.05, 0.1) is 26.4 Å². The molecule has 0 saturated heterocycles. The lowest BCUT2D eigenvalue weighted by Gasteiger charge is -2.21. The molecule has 0 radical (unpaired) electrons. The first-order chi connectivity index (χ1) is 48.8. The van der Waals surface area contributed by atoms with Crippen LogP contribution < -0.4 is 0 Å². The second-order valence-electron chi connectivity index (χ2n) is 30.7. The number of esters is 4. The van der Waals surface area contributed by atoms with Crippen LogP contribution in [0.5, 0.6) is 0 Å². The van der Waals surface area contributed by atoms with E-state index in [-0.39, 0.29) is 25.7 Å². The predicted octanol–water partition coefficient (Wildman–Crippen LogP) is 24.5. The molecule has 0 aromatic carbocycles. The minimum atomic E-state index is -4.96. The summed E-state index contributed by atoms with van der Waals surface area (Å²) >= 11 is 0. The van der Waals surface area contributed by atoms with E-state index < -0.39 is 97.5 Å². The Kier molecular flexibility index (Phi) is 70.9. The molecule has 6 atom stereocenters. The summed E-state index contributed by atoms with van der Waals surface area (Å²) in [6.45, 7) is 11.9. The quantitative estimate of drug-likeness (QED) is 0.0222. The van der Waals surface area contributed by atoms with E-state index in [1.807, 2.05) is 0 Å². The number of phosphoric ester groups is 2. The molecule has 0 aliphatic carbocycles. The molecule has 0 aromatic rings. The number of ether oxygens (including phenoxy) is 4. The number of carbonyl (C=O) groups is 4. The van der Waals surface area contributed by atoms with Crippen LogP contribution in [0, 0.1) is 17.8 Å². The second-order valence-corrected chi connectivity index (χ2v) is 33.6. The average Bonchev–Trinajstić information content (AvgIpc) is 1.04. The molecule has 3 unspecified atom stereocenters. The van der Waals surface area contributed by atoms with Gasteiger partial charge in [0.25, 0.3) is 0 Å². The summed E-state index contributed by atoms with van der Waals surface area (Å²) in [5, 5.41) is 10.6. The van der Waals surface area contributed by atoms with E-state index in [1.54, 1.807) is 0 Å². The number of hydrogen-bond donors (Lipinski definition) is 3. The van der Waals surface area contributed by atoms with Crippen molar-refractivity contribution in [3.63, 3.8) is 0 Å². The van der Waals surface area contributed by atoms with Gasteiger partial charge in [-0.2, -0.15) is 0 Å². The Balaban J connectivity index is 5.24. The highest BCUT2D eigenvalue weighted by Gasteiger charge is 2.30. The highest BCUT2D eigenvalue weighted by Crippen LogP contribution is 2.45. The predicted molar refractivity (Wildman–Crippen MR) is 414 cm³/mol. The van der Waals surface area contributed by atoms with Gasteiger partial charge in [0.2, 0.25) is 0 Å². The SMILES string of the molecule is CCCCCCCCCCCCCCCCCCCCC(=O)OC[C@H](COP(=O)(O)OC[C@@H](O)COP(=O)(O)OC[C@@H](COC(=O)CCCCCCCCCC(C)C)OC(=O)CCCCCCCCCCCCC(C)CC)OC(=O)CCCCCCCCCCCCCCCCCCC(C)C. The number of phosphoric acid groups is 2. The van der Waals surface area contributed by atoms with Crippen molar-refractivity contribution in [1.29, 1.82) is 0 Å². The third kappa shape index (κ3) is 74.7. The minimum Gasteiger partial charge on any atom is -0.462 e. The fraction of sp³-hybridized carbons (Fsp3) is 0.951. The zero-order valence-electron chi connectivity index (χ0n) is 66.4. The maximum absolute atomic E-state index is 13.1. The summed E-state index contributed by atoms with van der Waals surface area (Å²) in [6.07, 6.45) is 61.1. The number of hydrogen-bond acceptors (Lipinski definition) is 15. The van der Waals surface area contributed by atoms with Crippen LogP contribution in [-0.2, 0) is 65.4 Å². The van der Waals surface area contributed by atoms with Gasteiger partial charge in [0, 0.05) is 25.7 Å². The third-order valence-corrected chi connectivity index (χ3v) is 21.4. The van der Waals surface area contributed by atoms with Crippen LogP contribution >= 0.6 is 15.6 Å². The fourth-order valence-electron chi connectivity index (χ4n) is 12.6. The van der Waals surface area contributed by atoms with Crippen LogP contribution in [-0.4, -0.2) is 96.7 Å². The minimum absolute atomic E-state index is 0.106. The molecule has 600 valence electrons. The summed E-state index contributed by atoms with van der Waals surface area (Å²) in [6, 6.07) is 0. The Morgan fingerprint density at radius 2 is 0.505 bits per heavy atom. The Hall–Kier alpha value is -1.94. The molecule has 17 nitrogen and oxygen atoms in total. The number of aliphatic hydroxyl groups excluding tert-OH is 1. The Morgan fingerprint density at radius 1 is 0.287 bits per heavy atom. The zero-order chi connectivity index (χ0) is 74.4. The molecule has 0 spiro atoms. The summed E-state index contributed by atoms with van der Waals surface area (Å²) in [7, 11) is -9.92. The monoisotopic (exact) mass is 1480 g/mol. The van der Waals surface area contributed by atoms with E-state index in [0.717, 1.165) is 108 Å². The first-order valence-electron chi connectivity index (χ1n) is 42.4. The van der Waals surface area contributed by atoms with Crippen molar-refractivity contribution in [2.75, 3.05) is 39.6 Å². The zero-order valence-corrected chi connectivity index (χ0v) is 68.2. The number of unbranched alkanes of at least 4 members (excludes halogenated alkanes) is 47. The summed E-state index contributed by atoms with van der Waals surface area (Å²) < 4.78 is 68.7. The summed E-state index contributed by atoms with van der Waals surface area (Å²) in [4.78, 5) is 73.1. The lowest BCUT2D eigenvalue weighted by molar-refractivity contribution is -0.161. The topological polar surface area (TPSA) is 237 Å². The standard InChI is InChI=1S/C82H160O17P2/c1-8-10-11-12-13-14-15-16-17-18-19-23-26-29-35-42-49-56-63-79(84)92-69-77(98-81(86)65-58-51-43-36-30-27-24-21-20-22-25-28-33-39-46-53-60-73(3)4)71-96-100(88,89)94-67-76(83)68-95-101(90,91)97-72-78(70-93-80(85)64-57-50-45-38-40-47-54-61-74(5)6)99-82(87)66-59-52-44-37-32-31-34-41-48-55-62-75(7)9-2/h73-78,83H,8-72H2,1-7H3,(H,88,89)(H,90,91)/t75?,76-,77-,78-/m1/s1. The maximum Gasteiger partial charge on any atom is 0.472 e. The van der Waals surface area contributed by atoms with Crippen LogP contribution in [0.2, 0.25) is 0 Å². The van der Waals surface area contributed by atoms with Gasteiger partial charge in [-0.25, -0.2) is 9.13 Å². The molecule has 0 heterocycles. The summed E-state index contributed by atoms with van der Waals surface area (Å²) in [5.41, 5.74) is 0. The molecule has 0 saturated carbocycles. The normalized spacial score (nSPS) is 14.2. The number of aliphatic hydroxyl groups is 1. The molecule has 0 aromatic heterocycles. The molecule has 101 heavy (non-hydrogen) atoms. The summed E-state index contributed by atoms with van der Waals surface area (Å²) in [5.74, 6) is 0.206. The van der Waals surface area contributed by atoms with Crippen LogP contribution in [0.25, 0.3) is 0 Å². The van der Waals surface area contributed by atoms with Crippen molar-refractivity contribution in [3.8, 4) is 0 Å². The van der Waals surface area contributed by atoms with Crippen molar-refractivity contribution in [3.05, 3.63) is 0 Å². The van der Waals surface area contributed by atoms with Crippen LogP contribution in [0.3, 0.4) is 0 Å². The van der Waals surface area contributed by atoms with Gasteiger partial charge in [0.15, 0.2) is 12.2 Å².